The number of carbonyl (C=O) groups excluding carboxylic acids is 1. The van der Waals surface area contributed by atoms with Gasteiger partial charge in [-0.1, -0.05) is 38.6 Å². The molecule has 0 aromatic rings. The third kappa shape index (κ3) is 4.00. The summed E-state index contributed by atoms with van der Waals surface area (Å²) in [6.45, 7) is 5.83. The zero-order valence-electron chi connectivity index (χ0n) is 9.08. The summed E-state index contributed by atoms with van der Waals surface area (Å²) in [7, 11) is 0. The van der Waals surface area contributed by atoms with Gasteiger partial charge in [0.1, 0.15) is 0 Å². The van der Waals surface area contributed by atoms with Crippen molar-refractivity contribution >= 4 is 23.6 Å². The van der Waals surface area contributed by atoms with Gasteiger partial charge in [0.2, 0.25) is 0 Å². The van der Waals surface area contributed by atoms with E-state index in [-0.39, 0.29) is 5.91 Å². The molecule has 0 spiro atoms. The highest BCUT2D eigenvalue weighted by molar-refractivity contribution is 7.78. The van der Waals surface area contributed by atoms with Crippen molar-refractivity contribution in [3.8, 4) is 0 Å². The number of nitrogens with one attached hydrogen (secondary N) is 2. The minimum Gasteiger partial charge on any atom is -0.349 e. The molecule has 2 N–H and O–H groups in total. The average molecular weight is 226 g/mol. The van der Waals surface area contributed by atoms with Gasteiger partial charge in [-0.15, -0.1) is 0 Å². The van der Waals surface area contributed by atoms with E-state index >= 15 is 0 Å². The molecule has 0 radical (unpaired) electrons. The van der Waals surface area contributed by atoms with E-state index in [0.717, 1.165) is 12.8 Å². The minimum absolute atomic E-state index is 0.143. The van der Waals surface area contributed by atoms with Gasteiger partial charge in [0, 0.05) is 6.04 Å². The van der Waals surface area contributed by atoms with Gasteiger partial charge in [-0.25, -0.2) is 0 Å². The summed E-state index contributed by atoms with van der Waals surface area (Å²) in [6.07, 6.45) is 4.60. The Morgan fingerprint density at radius 3 is 2.87 bits per heavy atom. The standard InChI is InChI=1S/C11H18N2OS/c1-8-4-3-5-10(6-8)13-11(14)9(2)12-7-15/h7-8,10H,2-6H2,1H3,(H,12,15)(H,13,14)/t8?,10-/m1/s1. The van der Waals surface area contributed by atoms with Crippen LogP contribution in [0.2, 0.25) is 0 Å². The van der Waals surface area contributed by atoms with Crippen molar-refractivity contribution < 1.29 is 4.79 Å². The van der Waals surface area contributed by atoms with Crippen LogP contribution in [0.3, 0.4) is 0 Å². The molecule has 0 bridgehead atoms. The molecule has 1 rings (SSSR count). The summed E-state index contributed by atoms with van der Waals surface area (Å²) < 4.78 is 0. The lowest BCUT2D eigenvalue weighted by Gasteiger charge is -2.27. The van der Waals surface area contributed by atoms with E-state index in [4.69, 9.17) is 0 Å². The molecular weight excluding hydrogens is 208 g/mol. The van der Waals surface area contributed by atoms with Gasteiger partial charge in [-0.2, -0.15) is 0 Å². The summed E-state index contributed by atoms with van der Waals surface area (Å²) in [5, 5.41) is 5.60. The maximum atomic E-state index is 11.6. The molecule has 15 heavy (non-hydrogen) atoms. The highest BCUT2D eigenvalue weighted by Crippen LogP contribution is 2.23. The molecule has 1 unspecified atom stereocenters. The predicted molar refractivity (Wildman–Crippen MR) is 65.5 cm³/mol. The Balaban J connectivity index is 2.36. The first-order valence-corrected chi connectivity index (χ1v) is 5.80. The molecule has 2 atom stereocenters. The fourth-order valence-corrected chi connectivity index (χ4v) is 2.12. The molecule has 1 amide bonds. The minimum atomic E-state index is -0.143. The Labute approximate surface area is 96.3 Å². The summed E-state index contributed by atoms with van der Waals surface area (Å²) >= 11 is 4.59. The van der Waals surface area contributed by atoms with Crippen molar-refractivity contribution in [3.05, 3.63) is 12.3 Å². The first-order chi connectivity index (χ1) is 7.13. The molecule has 84 valence electrons. The van der Waals surface area contributed by atoms with Gasteiger partial charge < -0.3 is 10.6 Å². The first-order valence-electron chi connectivity index (χ1n) is 5.33. The van der Waals surface area contributed by atoms with E-state index in [2.05, 4.69) is 36.4 Å². The smallest absolute Gasteiger partial charge is 0.267 e. The van der Waals surface area contributed by atoms with Crippen LogP contribution in [0.15, 0.2) is 12.3 Å². The molecule has 1 aliphatic carbocycles. The van der Waals surface area contributed by atoms with E-state index < -0.39 is 0 Å². The topological polar surface area (TPSA) is 41.1 Å². The van der Waals surface area contributed by atoms with Gasteiger partial charge >= 0.3 is 0 Å². The molecule has 4 heteroatoms. The maximum Gasteiger partial charge on any atom is 0.267 e. The normalized spacial score (nSPS) is 25.4. The van der Waals surface area contributed by atoms with Gasteiger partial charge in [-0.3, -0.25) is 4.79 Å². The Morgan fingerprint density at radius 2 is 2.27 bits per heavy atom. The van der Waals surface area contributed by atoms with Crippen LogP contribution in [-0.4, -0.2) is 17.4 Å². The van der Waals surface area contributed by atoms with Crippen LogP contribution in [-0.2, 0) is 4.79 Å². The molecule has 1 aliphatic rings. The summed E-state index contributed by atoms with van der Waals surface area (Å²) in [5.41, 5.74) is 1.62. The van der Waals surface area contributed by atoms with E-state index in [1.807, 2.05) is 0 Å². The molecule has 0 aromatic carbocycles. The van der Waals surface area contributed by atoms with Crippen molar-refractivity contribution in [1.82, 2.24) is 10.6 Å². The van der Waals surface area contributed by atoms with Crippen LogP contribution >= 0.6 is 12.2 Å². The highest BCUT2D eigenvalue weighted by Gasteiger charge is 2.20. The van der Waals surface area contributed by atoms with Crippen molar-refractivity contribution in [2.24, 2.45) is 5.92 Å². The number of hydrogen-bond donors (Lipinski definition) is 2. The zero-order valence-corrected chi connectivity index (χ0v) is 9.90. The number of rotatable bonds is 4. The summed E-state index contributed by atoms with van der Waals surface area (Å²) in [6, 6.07) is 0.296. The molecule has 0 aliphatic heterocycles. The van der Waals surface area contributed by atoms with Gasteiger partial charge in [0.05, 0.1) is 11.2 Å². The van der Waals surface area contributed by atoms with Gasteiger partial charge in [0.25, 0.3) is 5.91 Å². The second-order valence-electron chi connectivity index (χ2n) is 4.18. The van der Waals surface area contributed by atoms with Crippen LogP contribution in [0.1, 0.15) is 32.6 Å². The van der Waals surface area contributed by atoms with Crippen molar-refractivity contribution in [1.29, 1.82) is 0 Å². The molecule has 0 aromatic heterocycles. The Kier molecular flexibility index (Phi) is 4.75. The quantitative estimate of drug-likeness (QED) is 0.567. The van der Waals surface area contributed by atoms with E-state index in [1.54, 1.807) is 0 Å². The van der Waals surface area contributed by atoms with Crippen LogP contribution in [0.25, 0.3) is 0 Å². The fraction of sp³-hybridized carbons (Fsp3) is 0.636. The Morgan fingerprint density at radius 1 is 1.53 bits per heavy atom. The first kappa shape index (κ1) is 12.2. The maximum absolute atomic E-state index is 11.6. The van der Waals surface area contributed by atoms with Crippen molar-refractivity contribution in [3.63, 3.8) is 0 Å². The van der Waals surface area contributed by atoms with Gasteiger partial charge in [-0.05, 0) is 18.8 Å². The second kappa shape index (κ2) is 5.85. The van der Waals surface area contributed by atoms with Crippen LogP contribution < -0.4 is 10.6 Å². The zero-order chi connectivity index (χ0) is 11.3. The number of hydrogen-bond acceptors (Lipinski definition) is 2. The lowest BCUT2D eigenvalue weighted by atomic mass is 9.87. The highest BCUT2D eigenvalue weighted by atomic mass is 32.1. The summed E-state index contributed by atoms with van der Waals surface area (Å²) in [5.74, 6) is 0.561. The predicted octanol–water partition coefficient (Wildman–Crippen LogP) is 1.74. The van der Waals surface area contributed by atoms with E-state index in [1.165, 1.54) is 18.3 Å². The number of thiocarbonyl (C=S) groups is 1. The lowest BCUT2D eigenvalue weighted by molar-refractivity contribution is -0.118. The SMILES string of the molecule is C=C(NC=S)C(=O)N[C@@H]1CCCC(C)C1. The van der Waals surface area contributed by atoms with Crippen LogP contribution in [0, 0.1) is 5.92 Å². The molecule has 1 fully saturated rings. The molecule has 1 saturated carbocycles. The number of carbonyl (C=O) groups is 1. The van der Waals surface area contributed by atoms with Crippen LogP contribution in [0.4, 0.5) is 0 Å². The molecular formula is C11H18N2OS. The monoisotopic (exact) mass is 226 g/mol. The van der Waals surface area contributed by atoms with Crippen LogP contribution in [0.5, 0.6) is 0 Å². The Bertz CT molecular complexity index is 265. The number of amides is 1. The second-order valence-corrected chi connectivity index (χ2v) is 4.42. The molecule has 3 nitrogen and oxygen atoms in total. The van der Waals surface area contributed by atoms with Crippen molar-refractivity contribution in [2.45, 2.75) is 38.6 Å². The van der Waals surface area contributed by atoms with Gasteiger partial charge in [0.15, 0.2) is 0 Å². The largest absolute Gasteiger partial charge is 0.349 e. The Hall–Kier alpha value is -0.900. The third-order valence-corrected chi connectivity index (χ3v) is 2.90. The molecule has 0 saturated heterocycles. The fourth-order valence-electron chi connectivity index (χ4n) is 1.97. The van der Waals surface area contributed by atoms with E-state index in [0.29, 0.717) is 17.7 Å². The van der Waals surface area contributed by atoms with Crippen molar-refractivity contribution in [2.75, 3.05) is 0 Å². The van der Waals surface area contributed by atoms with E-state index in [9.17, 15) is 4.79 Å². The third-order valence-electron chi connectivity index (χ3n) is 2.78. The summed E-state index contributed by atoms with van der Waals surface area (Å²) in [4.78, 5) is 11.6. The lowest BCUT2D eigenvalue weighted by Crippen LogP contribution is -2.40. The molecule has 0 heterocycles. The average Bonchev–Trinajstić information content (AvgIpc) is 2.18.